The van der Waals surface area contributed by atoms with E-state index in [1.165, 1.54) is 12.7 Å². The van der Waals surface area contributed by atoms with Crippen molar-refractivity contribution in [2.75, 3.05) is 11.9 Å². The van der Waals surface area contributed by atoms with Gasteiger partial charge in [0.25, 0.3) is 0 Å². The first-order valence-corrected chi connectivity index (χ1v) is 12.2. The molecular weight excluding hydrogens is 484 g/mol. The number of anilines is 1. The second kappa shape index (κ2) is 11.4. The lowest BCUT2D eigenvalue weighted by molar-refractivity contribution is -0.158. The van der Waals surface area contributed by atoms with E-state index in [2.05, 4.69) is 25.6 Å². The van der Waals surface area contributed by atoms with Gasteiger partial charge in [0.15, 0.2) is 17.0 Å². The van der Waals surface area contributed by atoms with Gasteiger partial charge in [-0.05, 0) is 60.8 Å². The number of carbonyl (C=O) groups is 3. The highest BCUT2D eigenvalue weighted by Crippen LogP contribution is 2.31. The SMILES string of the molecule is CC(C)(C)OC(=O)CCC(NC(=O)Nc1ncnc2c1ncn2C1CCC(CO)O1)C(=O)OC(C)(C)C. The molecule has 13 heteroatoms. The molecule has 0 aliphatic carbocycles. The summed E-state index contributed by atoms with van der Waals surface area (Å²) in [5.74, 6) is -1.04. The Hall–Kier alpha value is -3.32. The Kier molecular flexibility index (Phi) is 8.69. The van der Waals surface area contributed by atoms with E-state index >= 15 is 0 Å². The number of nitrogens with zero attached hydrogens (tertiary/aromatic N) is 4. The molecule has 0 aromatic carbocycles. The summed E-state index contributed by atoms with van der Waals surface area (Å²) in [5, 5.41) is 14.5. The van der Waals surface area contributed by atoms with Gasteiger partial charge in [-0.1, -0.05) is 0 Å². The highest BCUT2D eigenvalue weighted by molar-refractivity contribution is 5.97. The molecule has 3 rings (SSSR count). The molecule has 204 valence electrons. The lowest BCUT2D eigenvalue weighted by atomic mass is 10.1. The van der Waals surface area contributed by atoms with Crippen LogP contribution < -0.4 is 10.6 Å². The zero-order valence-corrected chi connectivity index (χ0v) is 22.1. The number of urea groups is 1. The molecule has 0 radical (unpaired) electrons. The van der Waals surface area contributed by atoms with E-state index in [1.807, 2.05) is 0 Å². The van der Waals surface area contributed by atoms with Gasteiger partial charge in [0.05, 0.1) is 19.0 Å². The number of hydrogen-bond donors (Lipinski definition) is 3. The van der Waals surface area contributed by atoms with E-state index in [9.17, 15) is 19.5 Å². The number of aliphatic hydroxyl groups is 1. The van der Waals surface area contributed by atoms with E-state index in [0.29, 0.717) is 24.0 Å². The van der Waals surface area contributed by atoms with Gasteiger partial charge >= 0.3 is 18.0 Å². The first-order chi connectivity index (χ1) is 17.3. The van der Waals surface area contributed by atoms with Crippen molar-refractivity contribution in [1.82, 2.24) is 24.8 Å². The summed E-state index contributed by atoms with van der Waals surface area (Å²) in [7, 11) is 0. The van der Waals surface area contributed by atoms with Crippen molar-refractivity contribution in [2.45, 2.75) is 96.8 Å². The number of hydrogen-bond acceptors (Lipinski definition) is 10. The van der Waals surface area contributed by atoms with Crippen molar-refractivity contribution in [1.29, 1.82) is 0 Å². The Labute approximate surface area is 215 Å². The average molecular weight is 521 g/mol. The Morgan fingerprint density at radius 3 is 2.43 bits per heavy atom. The lowest BCUT2D eigenvalue weighted by Gasteiger charge is -2.25. The third kappa shape index (κ3) is 8.09. The molecule has 1 saturated heterocycles. The van der Waals surface area contributed by atoms with Crippen LogP contribution in [-0.4, -0.2) is 72.6 Å². The summed E-state index contributed by atoms with van der Waals surface area (Å²) in [6.45, 7) is 10.3. The van der Waals surface area contributed by atoms with Crippen LogP contribution in [0.1, 0.15) is 73.5 Å². The fourth-order valence-electron chi connectivity index (χ4n) is 3.76. The predicted octanol–water partition coefficient (Wildman–Crippen LogP) is 2.45. The maximum atomic E-state index is 12.9. The molecule has 0 saturated carbocycles. The zero-order valence-electron chi connectivity index (χ0n) is 22.1. The lowest BCUT2D eigenvalue weighted by Crippen LogP contribution is -2.46. The summed E-state index contributed by atoms with van der Waals surface area (Å²) in [6, 6.07) is -1.84. The molecule has 2 aromatic heterocycles. The number of nitrogens with one attached hydrogen (secondary N) is 2. The quantitative estimate of drug-likeness (QED) is 0.440. The van der Waals surface area contributed by atoms with Gasteiger partial charge < -0.3 is 24.6 Å². The van der Waals surface area contributed by atoms with Crippen LogP contribution >= 0.6 is 0 Å². The molecule has 2 amide bonds. The summed E-state index contributed by atoms with van der Waals surface area (Å²) in [6.07, 6.45) is 3.49. The number of fused-ring (bicyclic) bond motifs is 1. The van der Waals surface area contributed by atoms with Crippen molar-refractivity contribution in [3.8, 4) is 0 Å². The van der Waals surface area contributed by atoms with Crippen molar-refractivity contribution >= 4 is 35.0 Å². The Morgan fingerprint density at radius 1 is 1.11 bits per heavy atom. The molecule has 3 N–H and O–H groups in total. The van der Waals surface area contributed by atoms with Crippen LogP contribution in [0.2, 0.25) is 0 Å². The van der Waals surface area contributed by atoms with E-state index in [1.54, 1.807) is 46.1 Å². The molecule has 3 atom stereocenters. The van der Waals surface area contributed by atoms with E-state index in [0.717, 1.165) is 0 Å². The van der Waals surface area contributed by atoms with Crippen LogP contribution in [0.25, 0.3) is 11.2 Å². The number of rotatable bonds is 8. The fourth-order valence-corrected chi connectivity index (χ4v) is 3.76. The molecule has 1 fully saturated rings. The standard InChI is InChI=1S/C24H36N6O7/c1-23(2,3)36-17(32)10-8-15(21(33)37-24(4,5)6)28-22(34)29-19-18-20(26-12-25-19)30(13-27-18)16-9-7-14(11-31)35-16/h12-16,31H,7-11H2,1-6H3,(H2,25,26,28,29,34). The van der Waals surface area contributed by atoms with Crippen molar-refractivity contribution in [3.05, 3.63) is 12.7 Å². The smallest absolute Gasteiger partial charge is 0.329 e. The zero-order chi connectivity index (χ0) is 27.4. The summed E-state index contributed by atoms with van der Waals surface area (Å²) < 4.78 is 18.3. The van der Waals surface area contributed by atoms with Crippen LogP contribution in [-0.2, 0) is 23.8 Å². The number of carbonyl (C=O) groups excluding carboxylic acids is 3. The van der Waals surface area contributed by atoms with Crippen LogP contribution in [0.4, 0.5) is 10.6 Å². The summed E-state index contributed by atoms with van der Waals surface area (Å²) in [4.78, 5) is 50.5. The van der Waals surface area contributed by atoms with Crippen molar-refractivity contribution < 1.29 is 33.7 Å². The van der Waals surface area contributed by atoms with Gasteiger partial charge in [-0.25, -0.2) is 24.5 Å². The van der Waals surface area contributed by atoms with Gasteiger partial charge in [0.1, 0.15) is 29.8 Å². The maximum absolute atomic E-state index is 12.9. The Bertz CT molecular complexity index is 1120. The molecule has 13 nitrogen and oxygen atoms in total. The molecule has 0 bridgehead atoms. The number of esters is 2. The van der Waals surface area contributed by atoms with Crippen LogP contribution in [0.5, 0.6) is 0 Å². The van der Waals surface area contributed by atoms with Crippen LogP contribution in [0, 0.1) is 0 Å². The second-order valence-corrected chi connectivity index (χ2v) is 10.8. The number of ether oxygens (including phenoxy) is 3. The fraction of sp³-hybridized carbons (Fsp3) is 0.667. The van der Waals surface area contributed by atoms with Gasteiger partial charge in [0, 0.05) is 6.42 Å². The maximum Gasteiger partial charge on any atom is 0.329 e. The monoisotopic (exact) mass is 520 g/mol. The molecule has 0 spiro atoms. The molecule has 2 aromatic rings. The van der Waals surface area contributed by atoms with Gasteiger partial charge in [-0.2, -0.15) is 0 Å². The van der Waals surface area contributed by atoms with Gasteiger partial charge in [-0.15, -0.1) is 0 Å². The average Bonchev–Trinajstić information content (AvgIpc) is 3.41. The Balaban J connectivity index is 1.71. The van der Waals surface area contributed by atoms with Gasteiger partial charge in [-0.3, -0.25) is 14.7 Å². The van der Waals surface area contributed by atoms with Crippen molar-refractivity contribution in [2.24, 2.45) is 0 Å². The minimum Gasteiger partial charge on any atom is -0.460 e. The molecule has 37 heavy (non-hydrogen) atoms. The Morgan fingerprint density at radius 2 is 1.81 bits per heavy atom. The topological polar surface area (TPSA) is 167 Å². The van der Waals surface area contributed by atoms with E-state index < -0.39 is 35.2 Å². The predicted molar refractivity (Wildman–Crippen MR) is 132 cm³/mol. The number of aromatic nitrogens is 4. The summed E-state index contributed by atoms with van der Waals surface area (Å²) in [5.41, 5.74) is -0.686. The van der Waals surface area contributed by atoms with E-state index in [4.69, 9.17) is 14.2 Å². The minimum atomic E-state index is -1.11. The molecule has 3 unspecified atom stereocenters. The molecular formula is C24H36N6O7. The van der Waals surface area contributed by atoms with E-state index in [-0.39, 0.29) is 37.6 Å². The molecule has 1 aliphatic rings. The summed E-state index contributed by atoms with van der Waals surface area (Å²) >= 11 is 0. The third-order valence-corrected chi connectivity index (χ3v) is 5.24. The van der Waals surface area contributed by atoms with Crippen molar-refractivity contribution in [3.63, 3.8) is 0 Å². The van der Waals surface area contributed by atoms with Crippen LogP contribution in [0.15, 0.2) is 12.7 Å². The second-order valence-electron chi connectivity index (χ2n) is 10.8. The highest BCUT2D eigenvalue weighted by atomic mass is 16.6. The third-order valence-electron chi connectivity index (χ3n) is 5.24. The number of imidazole rings is 1. The van der Waals surface area contributed by atoms with Gasteiger partial charge in [0.2, 0.25) is 0 Å². The molecule has 3 heterocycles. The normalized spacial score (nSPS) is 18.9. The number of aliphatic hydroxyl groups excluding tert-OH is 1. The first kappa shape index (κ1) is 28.3. The highest BCUT2D eigenvalue weighted by Gasteiger charge is 2.30. The first-order valence-electron chi connectivity index (χ1n) is 12.2. The largest absolute Gasteiger partial charge is 0.460 e. The number of amides is 2. The minimum absolute atomic E-state index is 0.0178. The van der Waals surface area contributed by atoms with Crippen LogP contribution in [0.3, 0.4) is 0 Å². The molecule has 1 aliphatic heterocycles.